The number of aryl methyl sites for hydroxylation is 3. The number of nitrogen functional groups attached to an aromatic ring is 1. The largest absolute Gasteiger partial charge is 0.384 e. The molecule has 182 valence electrons. The van der Waals surface area contributed by atoms with Gasteiger partial charge in [-0.1, -0.05) is 54.1 Å². The number of amides is 1. The van der Waals surface area contributed by atoms with E-state index >= 15 is 0 Å². The highest BCUT2D eigenvalue weighted by molar-refractivity contribution is 7.90. The molecule has 34 heavy (non-hydrogen) atoms. The summed E-state index contributed by atoms with van der Waals surface area (Å²) in [4.78, 5) is 19.3. The second-order valence-corrected chi connectivity index (χ2v) is 10.7. The predicted molar refractivity (Wildman–Crippen MR) is 137 cm³/mol. The van der Waals surface area contributed by atoms with E-state index in [4.69, 9.17) is 5.73 Å². The first-order valence-electron chi connectivity index (χ1n) is 11.3. The molecule has 1 amide bonds. The molecule has 0 unspecified atom stereocenters. The van der Waals surface area contributed by atoms with Gasteiger partial charge in [0.2, 0.25) is 0 Å². The Bertz CT molecular complexity index is 1300. The number of carbonyl (C=O) groups is 1. The maximum Gasteiger partial charge on any atom is 0.281 e. The van der Waals surface area contributed by atoms with Crippen LogP contribution in [0, 0.1) is 20.8 Å². The molecule has 3 N–H and O–H groups in total. The number of sulfonamides is 1. The maximum absolute atomic E-state index is 13.3. The number of carbonyl (C=O) groups excluding carboxylic acids is 1. The molecule has 1 aliphatic rings. The number of hydrogen-bond donors (Lipinski definition) is 2. The zero-order valence-electron chi connectivity index (χ0n) is 19.7. The van der Waals surface area contributed by atoms with Gasteiger partial charge in [0.15, 0.2) is 5.03 Å². The minimum Gasteiger partial charge on any atom is -0.384 e. The van der Waals surface area contributed by atoms with Gasteiger partial charge in [-0.15, -0.1) is 0 Å². The average molecular weight is 483 g/mol. The predicted octanol–water partition coefficient (Wildman–Crippen LogP) is 3.94. The Hall–Kier alpha value is -3.23. The van der Waals surface area contributed by atoms with Crippen molar-refractivity contribution in [3.8, 4) is 0 Å². The average Bonchev–Trinajstić information content (AvgIpc) is 3.21. The molecule has 3 aromatic rings. The lowest BCUT2D eigenvalue weighted by atomic mass is 9.96. The van der Waals surface area contributed by atoms with E-state index in [-0.39, 0.29) is 19.6 Å². The van der Waals surface area contributed by atoms with Crippen molar-refractivity contribution in [2.45, 2.75) is 50.7 Å². The molecule has 0 aliphatic carbocycles. The number of aromatic nitrogens is 1. The fraction of sp³-hybridized carbons (Fsp3) is 0.308. The van der Waals surface area contributed by atoms with Crippen molar-refractivity contribution in [3.63, 3.8) is 0 Å². The van der Waals surface area contributed by atoms with Crippen LogP contribution in [0.25, 0.3) is 0 Å². The minimum absolute atomic E-state index is 0. The molecular weight excluding hydrogens is 448 g/mol. The fourth-order valence-corrected chi connectivity index (χ4v) is 5.80. The van der Waals surface area contributed by atoms with Crippen LogP contribution >= 0.6 is 0 Å². The summed E-state index contributed by atoms with van der Waals surface area (Å²) in [6.07, 6.45) is 0.527. The summed E-state index contributed by atoms with van der Waals surface area (Å²) >= 11 is 0. The highest BCUT2D eigenvalue weighted by atomic mass is 32.2. The highest BCUT2D eigenvalue weighted by Crippen LogP contribution is 2.34. The third-order valence-corrected chi connectivity index (χ3v) is 7.68. The number of benzene rings is 2. The van der Waals surface area contributed by atoms with Crippen molar-refractivity contribution in [2.24, 2.45) is 0 Å². The van der Waals surface area contributed by atoms with Crippen LogP contribution < -0.4 is 10.5 Å². The molecule has 0 saturated carbocycles. The van der Waals surface area contributed by atoms with E-state index in [1.165, 1.54) is 23.8 Å². The summed E-state index contributed by atoms with van der Waals surface area (Å²) in [6, 6.07) is 18.0. The highest BCUT2D eigenvalue weighted by Gasteiger charge is 2.39. The first kappa shape index (κ1) is 23.9. The normalized spacial score (nSPS) is 18.7. The molecule has 2 heterocycles. The Labute approximate surface area is 204 Å². The zero-order chi connectivity index (χ0) is 24.5. The first-order valence-corrected chi connectivity index (χ1v) is 12.8. The lowest BCUT2D eigenvalue weighted by Gasteiger charge is -2.25. The molecule has 1 aromatic heterocycles. The van der Waals surface area contributed by atoms with Crippen LogP contribution in [0.4, 0.5) is 5.82 Å². The molecule has 1 saturated heterocycles. The van der Waals surface area contributed by atoms with Gasteiger partial charge < -0.3 is 5.73 Å². The van der Waals surface area contributed by atoms with Crippen molar-refractivity contribution in [3.05, 3.63) is 88.5 Å². The second-order valence-electron chi connectivity index (χ2n) is 9.04. The Kier molecular flexibility index (Phi) is 6.72. The van der Waals surface area contributed by atoms with E-state index in [0.29, 0.717) is 19.5 Å². The van der Waals surface area contributed by atoms with Crippen LogP contribution in [0.2, 0.25) is 0 Å². The van der Waals surface area contributed by atoms with Crippen LogP contribution in [-0.4, -0.2) is 36.8 Å². The van der Waals surface area contributed by atoms with Crippen molar-refractivity contribution < 1.29 is 16.1 Å². The van der Waals surface area contributed by atoms with Gasteiger partial charge >= 0.3 is 0 Å². The second kappa shape index (κ2) is 9.56. The summed E-state index contributed by atoms with van der Waals surface area (Å²) in [7, 11) is -4.14. The molecule has 8 heteroatoms. The number of anilines is 1. The van der Waals surface area contributed by atoms with E-state index in [9.17, 15) is 13.2 Å². The first-order chi connectivity index (χ1) is 16.1. The number of pyridine rings is 1. The topological polar surface area (TPSA) is 105 Å². The van der Waals surface area contributed by atoms with Crippen LogP contribution in [0.1, 0.15) is 43.0 Å². The maximum atomic E-state index is 13.3. The smallest absolute Gasteiger partial charge is 0.281 e. The van der Waals surface area contributed by atoms with Crippen LogP contribution in [0.15, 0.2) is 65.7 Å². The molecule has 2 atom stereocenters. The van der Waals surface area contributed by atoms with E-state index in [0.717, 1.165) is 22.3 Å². The van der Waals surface area contributed by atoms with Gasteiger partial charge in [0, 0.05) is 15.9 Å². The van der Waals surface area contributed by atoms with Gasteiger partial charge in [-0.05, 0) is 67.5 Å². The molecule has 1 aliphatic heterocycles. The van der Waals surface area contributed by atoms with Gasteiger partial charge in [0.25, 0.3) is 15.9 Å². The van der Waals surface area contributed by atoms with Gasteiger partial charge in [-0.2, -0.15) is 8.42 Å². The number of nitrogens with zero attached hydrogens (tertiary/aromatic N) is 2. The molecule has 1 fully saturated rings. The Morgan fingerprint density at radius 1 is 1.09 bits per heavy atom. The molecule has 0 radical (unpaired) electrons. The monoisotopic (exact) mass is 482 g/mol. The zero-order valence-corrected chi connectivity index (χ0v) is 20.5. The summed E-state index contributed by atoms with van der Waals surface area (Å²) in [6.45, 7) is 7.44. The quantitative estimate of drug-likeness (QED) is 0.551. The number of hydrogen-bond acceptors (Lipinski definition) is 6. The van der Waals surface area contributed by atoms with Gasteiger partial charge in [-0.3, -0.25) is 9.69 Å². The summed E-state index contributed by atoms with van der Waals surface area (Å²) < 4.78 is 27.9. The van der Waals surface area contributed by atoms with E-state index < -0.39 is 22.0 Å². The summed E-state index contributed by atoms with van der Waals surface area (Å²) in [5.74, 6) is -0.353. The van der Waals surface area contributed by atoms with Crippen LogP contribution in [-0.2, 0) is 21.4 Å². The van der Waals surface area contributed by atoms with Gasteiger partial charge in [0.1, 0.15) is 5.82 Å². The van der Waals surface area contributed by atoms with Crippen molar-refractivity contribution in [1.29, 1.82) is 0 Å². The summed E-state index contributed by atoms with van der Waals surface area (Å²) in [5, 5.41) is -0.268. The van der Waals surface area contributed by atoms with Crippen molar-refractivity contribution in [1.82, 2.24) is 14.6 Å². The third-order valence-electron chi connectivity index (χ3n) is 6.43. The minimum atomic E-state index is -4.14. The van der Waals surface area contributed by atoms with Crippen molar-refractivity contribution in [2.75, 3.05) is 12.3 Å². The number of nitrogens with two attached hydrogens (primary N) is 1. The summed E-state index contributed by atoms with van der Waals surface area (Å²) in [5.41, 5.74) is 11.5. The fourth-order valence-electron chi connectivity index (χ4n) is 4.81. The van der Waals surface area contributed by atoms with Gasteiger partial charge in [-0.25, -0.2) is 9.71 Å². The Morgan fingerprint density at radius 3 is 2.41 bits per heavy atom. The van der Waals surface area contributed by atoms with Gasteiger partial charge in [0.05, 0.1) is 6.04 Å². The number of rotatable bonds is 6. The van der Waals surface area contributed by atoms with Crippen molar-refractivity contribution >= 4 is 21.7 Å². The molecule has 2 aromatic carbocycles. The Morgan fingerprint density at radius 2 is 1.76 bits per heavy atom. The number of likely N-dealkylation sites (tertiary alicyclic amines) is 1. The van der Waals surface area contributed by atoms with E-state index in [1.54, 1.807) is 0 Å². The van der Waals surface area contributed by atoms with Crippen LogP contribution in [0.5, 0.6) is 0 Å². The third kappa shape index (κ3) is 5.13. The van der Waals surface area contributed by atoms with E-state index in [2.05, 4.69) is 59.6 Å². The standard InChI is InChI=1S/C26H30N4O3S.2H2/c1-17-12-18(2)22(19(3)13-17)16-30-15-21(20-8-5-4-6-9-20)14-23(30)26(31)29-34(32,33)25-11-7-10-24(27)28-25;;/h4-13,21,23H,14-16H2,1-3H3,(H2,27,28)(H,29,31);2*1H/t21-,23+;;/m1../s1. The lowest BCUT2D eigenvalue weighted by Crippen LogP contribution is -2.45. The SMILES string of the molecule is Cc1cc(C)c(CN2C[C@H](c3ccccc3)C[C@H]2C(=O)NS(=O)(=O)c2cccc(N)n2)c(C)c1.[HH].[HH]. The Balaban J connectivity index is 0.00000228. The van der Waals surface area contributed by atoms with E-state index in [1.807, 2.05) is 18.2 Å². The molecule has 0 spiro atoms. The van der Waals surface area contributed by atoms with Crippen LogP contribution in [0.3, 0.4) is 0 Å². The molecule has 7 nitrogen and oxygen atoms in total. The molecule has 4 rings (SSSR count). The molecule has 0 bridgehead atoms. The lowest BCUT2D eigenvalue weighted by molar-refractivity contribution is -0.123. The number of nitrogens with one attached hydrogen (secondary N) is 1. The molecular formula is C26H34N4O3S.